The van der Waals surface area contributed by atoms with Gasteiger partial charge in [-0.2, -0.15) is 10.2 Å². The molecule has 0 unspecified atom stereocenters. The quantitative estimate of drug-likeness (QED) is 0.515. The minimum absolute atomic E-state index is 0.172. The molecular weight excluding hydrogens is 392 g/mol. The van der Waals surface area contributed by atoms with Crippen LogP contribution in [0, 0.1) is 27.7 Å². The molecule has 9 nitrogen and oxygen atoms in total. The second-order valence-corrected chi connectivity index (χ2v) is 7.44. The first-order valence-corrected chi connectivity index (χ1v) is 9.88. The van der Waals surface area contributed by atoms with Gasteiger partial charge in [-0.05, 0) is 70.2 Å². The summed E-state index contributed by atoms with van der Waals surface area (Å²) in [5, 5.41) is 23.3. The Morgan fingerprint density at radius 2 is 1.61 bits per heavy atom. The highest BCUT2D eigenvalue weighted by Gasteiger charge is 2.17. The van der Waals surface area contributed by atoms with E-state index < -0.39 is 0 Å². The van der Waals surface area contributed by atoms with Crippen molar-refractivity contribution in [3.63, 3.8) is 0 Å². The predicted molar refractivity (Wildman–Crippen MR) is 119 cm³/mol. The summed E-state index contributed by atoms with van der Waals surface area (Å²) in [5.41, 5.74) is 5.60. The van der Waals surface area contributed by atoms with Crippen molar-refractivity contribution < 1.29 is 4.79 Å². The third kappa shape index (κ3) is 4.16. The summed E-state index contributed by atoms with van der Waals surface area (Å²) in [4.78, 5) is 12.6. The minimum atomic E-state index is -0.172. The van der Waals surface area contributed by atoms with E-state index in [-0.39, 0.29) is 5.91 Å². The second kappa shape index (κ2) is 8.02. The molecule has 0 aliphatic rings. The van der Waals surface area contributed by atoms with E-state index in [1.165, 1.54) is 0 Å². The molecule has 9 heteroatoms. The molecule has 0 aliphatic carbocycles. The Morgan fingerprint density at radius 1 is 0.903 bits per heavy atom. The number of carbonyl (C=O) groups excluding carboxylic acids is 1. The summed E-state index contributed by atoms with van der Waals surface area (Å²) in [6, 6.07) is 13.1. The molecular formula is C22H24N8O. The molecule has 0 aliphatic heterocycles. The fourth-order valence-electron chi connectivity index (χ4n) is 3.45. The van der Waals surface area contributed by atoms with Crippen LogP contribution in [0.4, 0.5) is 17.2 Å². The molecule has 0 atom stereocenters. The van der Waals surface area contributed by atoms with Crippen molar-refractivity contribution in [3.05, 3.63) is 70.8 Å². The lowest BCUT2D eigenvalue weighted by atomic mass is 10.1. The number of nitrogens with zero attached hydrogens (tertiary/aromatic N) is 6. The summed E-state index contributed by atoms with van der Waals surface area (Å²) in [5.74, 6) is 1.10. The second-order valence-electron chi connectivity index (χ2n) is 7.44. The molecule has 0 radical (unpaired) electrons. The van der Waals surface area contributed by atoms with Crippen LogP contribution in [0.3, 0.4) is 0 Å². The molecule has 1 aromatic carbocycles. The van der Waals surface area contributed by atoms with Gasteiger partial charge in [-0.25, -0.2) is 4.68 Å². The van der Waals surface area contributed by atoms with E-state index in [1.54, 1.807) is 9.36 Å². The van der Waals surface area contributed by atoms with E-state index >= 15 is 0 Å². The largest absolute Gasteiger partial charge is 0.339 e. The average molecular weight is 416 g/mol. The molecule has 3 heterocycles. The van der Waals surface area contributed by atoms with Crippen LogP contribution in [0.15, 0.2) is 42.5 Å². The maximum absolute atomic E-state index is 12.6. The smallest absolute Gasteiger partial charge is 0.259 e. The lowest BCUT2D eigenvalue weighted by molar-refractivity contribution is 0.102. The zero-order chi connectivity index (χ0) is 22.1. The normalized spacial score (nSPS) is 10.9. The molecule has 31 heavy (non-hydrogen) atoms. The molecule has 3 aromatic heterocycles. The first-order chi connectivity index (χ1) is 14.8. The van der Waals surface area contributed by atoms with Crippen LogP contribution in [-0.2, 0) is 7.05 Å². The first-order valence-electron chi connectivity index (χ1n) is 9.88. The van der Waals surface area contributed by atoms with E-state index in [2.05, 4.69) is 31.0 Å². The molecule has 0 saturated heterocycles. The van der Waals surface area contributed by atoms with Crippen molar-refractivity contribution >= 4 is 23.1 Å². The molecule has 0 spiro atoms. The number of benzene rings is 1. The molecule has 158 valence electrons. The molecule has 2 N–H and O–H groups in total. The predicted octanol–water partition coefficient (Wildman–Crippen LogP) is 3.63. The van der Waals surface area contributed by atoms with Crippen LogP contribution in [0.5, 0.6) is 0 Å². The van der Waals surface area contributed by atoms with Crippen molar-refractivity contribution in [2.45, 2.75) is 27.7 Å². The Hall–Kier alpha value is -4.01. The van der Waals surface area contributed by atoms with Crippen LogP contribution in [0.1, 0.15) is 33.1 Å². The van der Waals surface area contributed by atoms with Gasteiger partial charge in [0.25, 0.3) is 5.91 Å². The van der Waals surface area contributed by atoms with Gasteiger partial charge >= 0.3 is 0 Å². The number of aromatic nitrogens is 6. The Labute approximate surface area is 180 Å². The van der Waals surface area contributed by atoms with Crippen LogP contribution >= 0.6 is 0 Å². The maximum Gasteiger partial charge on any atom is 0.259 e. The van der Waals surface area contributed by atoms with E-state index in [9.17, 15) is 4.79 Å². The van der Waals surface area contributed by atoms with Gasteiger partial charge in [0.15, 0.2) is 11.6 Å². The van der Waals surface area contributed by atoms with Crippen molar-refractivity contribution in [1.82, 2.24) is 29.8 Å². The van der Waals surface area contributed by atoms with Gasteiger partial charge in [-0.3, -0.25) is 9.48 Å². The van der Waals surface area contributed by atoms with Gasteiger partial charge in [-0.1, -0.05) is 0 Å². The average Bonchev–Trinajstić information content (AvgIpc) is 3.20. The summed E-state index contributed by atoms with van der Waals surface area (Å²) < 4.78 is 3.47. The zero-order valence-corrected chi connectivity index (χ0v) is 18.1. The summed E-state index contributed by atoms with van der Waals surface area (Å²) in [7, 11) is 1.83. The van der Waals surface area contributed by atoms with Gasteiger partial charge < -0.3 is 10.6 Å². The molecule has 0 bridgehead atoms. The zero-order valence-electron chi connectivity index (χ0n) is 18.1. The van der Waals surface area contributed by atoms with E-state index in [0.29, 0.717) is 28.6 Å². The third-order valence-electron chi connectivity index (χ3n) is 5.03. The Bertz CT molecular complexity index is 1240. The van der Waals surface area contributed by atoms with Gasteiger partial charge in [0, 0.05) is 29.8 Å². The molecule has 1 amide bonds. The summed E-state index contributed by atoms with van der Waals surface area (Å²) in [6.07, 6.45) is 0. The van der Waals surface area contributed by atoms with Gasteiger partial charge in [0.2, 0.25) is 0 Å². The number of aryl methyl sites for hydroxylation is 4. The topological polar surface area (TPSA) is 103 Å². The van der Waals surface area contributed by atoms with Crippen molar-refractivity contribution in [1.29, 1.82) is 0 Å². The Morgan fingerprint density at radius 3 is 2.16 bits per heavy atom. The number of nitrogens with one attached hydrogen (secondary N) is 2. The minimum Gasteiger partial charge on any atom is -0.339 e. The van der Waals surface area contributed by atoms with Crippen molar-refractivity contribution in [3.8, 4) is 5.82 Å². The Kier molecular flexibility index (Phi) is 5.24. The standard InChI is InChI=1S/C22H24N8O/c1-13-12-14(2)30(27-13)20-11-10-19(25-26-20)23-17-6-8-18(9-7-17)24-22(31)21-15(3)28-29(5)16(21)4/h6-12H,1-5H3,(H,23,25)(H,24,31). The highest BCUT2D eigenvalue weighted by atomic mass is 16.1. The van der Waals surface area contributed by atoms with Gasteiger partial charge in [0.05, 0.1) is 17.0 Å². The van der Waals surface area contributed by atoms with Crippen LogP contribution in [0.25, 0.3) is 5.82 Å². The number of hydrogen-bond donors (Lipinski definition) is 2. The molecule has 0 fully saturated rings. The SMILES string of the molecule is Cc1cc(C)n(-c2ccc(Nc3ccc(NC(=O)c4c(C)nn(C)c4C)cc3)nn2)n1. The van der Waals surface area contributed by atoms with Crippen LogP contribution in [0.2, 0.25) is 0 Å². The van der Waals surface area contributed by atoms with Gasteiger partial charge in [0.1, 0.15) is 0 Å². The fraction of sp³-hybridized carbons (Fsp3) is 0.227. The number of anilines is 3. The summed E-state index contributed by atoms with van der Waals surface area (Å²) in [6.45, 7) is 7.63. The monoisotopic (exact) mass is 416 g/mol. The van der Waals surface area contributed by atoms with Crippen LogP contribution < -0.4 is 10.6 Å². The van der Waals surface area contributed by atoms with E-state index in [0.717, 1.165) is 22.8 Å². The van der Waals surface area contributed by atoms with E-state index in [4.69, 9.17) is 0 Å². The van der Waals surface area contributed by atoms with Crippen molar-refractivity contribution in [2.75, 3.05) is 10.6 Å². The third-order valence-corrected chi connectivity index (χ3v) is 5.03. The highest BCUT2D eigenvalue weighted by molar-refractivity contribution is 6.05. The Balaban J connectivity index is 1.43. The van der Waals surface area contributed by atoms with Crippen molar-refractivity contribution in [2.24, 2.45) is 7.05 Å². The molecule has 0 saturated carbocycles. The number of carbonyl (C=O) groups is 1. The van der Waals surface area contributed by atoms with Crippen LogP contribution in [-0.4, -0.2) is 35.7 Å². The molecule has 4 aromatic rings. The summed E-state index contributed by atoms with van der Waals surface area (Å²) >= 11 is 0. The highest BCUT2D eigenvalue weighted by Crippen LogP contribution is 2.20. The maximum atomic E-state index is 12.6. The first kappa shape index (κ1) is 20.3. The van der Waals surface area contributed by atoms with Gasteiger partial charge in [-0.15, -0.1) is 10.2 Å². The number of rotatable bonds is 5. The lowest BCUT2D eigenvalue weighted by Crippen LogP contribution is -2.14. The lowest BCUT2D eigenvalue weighted by Gasteiger charge is -2.09. The number of amides is 1. The molecule has 4 rings (SSSR count). The fourth-order valence-corrected chi connectivity index (χ4v) is 3.45. The van der Waals surface area contributed by atoms with E-state index in [1.807, 2.05) is 77.2 Å². The number of hydrogen-bond acceptors (Lipinski definition) is 6.